The van der Waals surface area contributed by atoms with Gasteiger partial charge in [-0.25, -0.2) is 0 Å². The van der Waals surface area contributed by atoms with E-state index >= 15 is 0 Å². The minimum absolute atomic E-state index is 0.0334. The van der Waals surface area contributed by atoms with Crippen LogP contribution in [0.15, 0.2) is 24.4 Å². The molecule has 2 aromatic rings. The Bertz CT molecular complexity index is 914. The van der Waals surface area contributed by atoms with Gasteiger partial charge in [-0.2, -0.15) is 5.10 Å². The van der Waals surface area contributed by atoms with Crippen LogP contribution in [0.3, 0.4) is 0 Å². The molecule has 4 rings (SSSR count). The van der Waals surface area contributed by atoms with E-state index in [4.69, 9.17) is 0 Å². The molecule has 30 heavy (non-hydrogen) atoms. The minimum Gasteiger partial charge on any atom is -0.336 e. The maximum absolute atomic E-state index is 12.9. The van der Waals surface area contributed by atoms with E-state index in [9.17, 15) is 9.59 Å². The summed E-state index contributed by atoms with van der Waals surface area (Å²) in [5.74, 6) is 0.0918. The molecule has 0 unspecified atom stereocenters. The summed E-state index contributed by atoms with van der Waals surface area (Å²) in [5, 5.41) is 4.41. The monoisotopic (exact) mass is 410 g/mol. The van der Waals surface area contributed by atoms with Crippen LogP contribution in [0.5, 0.6) is 0 Å². The fourth-order valence-electron chi connectivity index (χ4n) is 4.35. The Morgan fingerprint density at radius 3 is 2.50 bits per heavy atom. The van der Waals surface area contributed by atoms with Crippen LogP contribution in [-0.2, 0) is 11.3 Å². The van der Waals surface area contributed by atoms with E-state index in [0.717, 1.165) is 62.6 Å². The van der Waals surface area contributed by atoms with Crippen molar-refractivity contribution in [1.29, 1.82) is 0 Å². The van der Waals surface area contributed by atoms with Gasteiger partial charge in [0, 0.05) is 44.6 Å². The molecule has 8 heteroatoms. The number of likely N-dealkylation sites (tertiary alicyclic amines) is 1. The molecule has 2 amide bonds. The summed E-state index contributed by atoms with van der Waals surface area (Å²) < 4.78 is 1.76. The first kappa shape index (κ1) is 20.5. The maximum Gasteiger partial charge on any atom is 0.255 e. The third-order valence-corrected chi connectivity index (χ3v) is 6.13. The second-order valence-corrected chi connectivity index (χ2v) is 8.40. The highest BCUT2D eigenvalue weighted by Crippen LogP contribution is 2.31. The van der Waals surface area contributed by atoms with Gasteiger partial charge in [-0.15, -0.1) is 0 Å². The molecule has 2 aliphatic heterocycles. The summed E-state index contributed by atoms with van der Waals surface area (Å²) >= 11 is 0. The van der Waals surface area contributed by atoms with Crippen LogP contribution in [0.4, 0.5) is 0 Å². The van der Waals surface area contributed by atoms with E-state index in [1.807, 2.05) is 41.8 Å². The van der Waals surface area contributed by atoms with E-state index in [-0.39, 0.29) is 24.4 Å². The van der Waals surface area contributed by atoms with Crippen LogP contribution >= 0.6 is 0 Å². The second kappa shape index (κ2) is 8.55. The van der Waals surface area contributed by atoms with Crippen molar-refractivity contribution in [2.75, 3.05) is 39.8 Å². The van der Waals surface area contributed by atoms with Crippen LogP contribution in [0.25, 0.3) is 0 Å². The Balaban J connectivity index is 1.43. The van der Waals surface area contributed by atoms with Gasteiger partial charge >= 0.3 is 0 Å². The zero-order valence-corrected chi connectivity index (χ0v) is 18.0. The topological polar surface area (TPSA) is 74.6 Å². The number of pyridine rings is 1. The molecule has 1 atom stereocenters. The Hall–Kier alpha value is -2.74. The number of aromatic nitrogens is 3. The molecule has 2 aromatic heterocycles. The molecular weight excluding hydrogens is 380 g/mol. The van der Waals surface area contributed by atoms with Gasteiger partial charge in [0.1, 0.15) is 6.54 Å². The van der Waals surface area contributed by atoms with Crippen molar-refractivity contribution in [2.45, 2.75) is 39.3 Å². The van der Waals surface area contributed by atoms with Crippen molar-refractivity contribution in [1.82, 2.24) is 29.5 Å². The number of amides is 2. The number of carbonyl (C=O) groups excluding carboxylic acids is 2. The number of hydrogen-bond acceptors (Lipinski definition) is 5. The van der Waals surface area contributed by atoms with Gasteiger partial charge in [0.15, 0.2) is 0 Å². The summed E-state index contributed by atoms with van der Waals surface area (Å²) in [6.07, 6.45) is 3.51. The van der Waals surface area contributed by atoms with Gasteiger partial charge in [0.2, 0.25) is 5.91 Å². The molecule has 2 fully saturated rings. The van der Waals surface area contributed by atoms with Gasteiger partial charge in [0.05, 0.1) is 23.0 Å². The first-order chi connectivity index (χ1) is 14.4. The first-order valence-electron chi connectivity index (χ1n) is 10.7. The van der Waals surface area contributed by atoms with Gasteiger partial charge in [-0.05, 0) is 51.9 Å². The number of carbonyl (C=O) groups is 2. The average molecular weight is 411 g/mol. The standard InChI is InChI=1S/C22H30N6O2/c1-16-13-17(2)28(24-16)15-21(29)27-8-4-5-20(27)19-7-6-18(14-23-19)22(30)26-11-9-25(3)10-12-26/h6-7,13-14,20H,4-5,8-12,15H2,1-3H3/t20-/m0/s1. The SMILES string of the molecule is Cc1cc(C)n(CC(=O)N2CCC[C@H]2c2ccc(C(=O)N3CCN(C)CC3)cn2)n1. The summed E-state index contributed by atoms with van der Waals surface area (Å²) in [7, 11) is 2.07. The Labute approximate surface area is 177 Å². The Morgan fingerprint density at radius 1 is 1.10 bits per heavy atom. The number of piperazine rings is 1. The molecule has 0 saturated carbocycles. The molecule has 2 aliphatic rings. The highest BCUT2D eigenvalue weighted by molar-refractivity contribution is 5.94. The zero-order chi connectivity index (χ0) is 21.3. The molecule has 0 aromatic carbocycles. The lowest BCUT2D eigenvalue weighted by molar-refractivity contribution is -0.133. The first-order valence-corrected chi connectivity index (χ1v) is 10.7. The molecule has 0 spiro atoms. The lowest BCUT2D eigenvalue weighted by atomic mass is 10.1. The van der Waals surface area contributed by atoms with Crippen molar-refractivity contribution >= 4 is 11.8 Å². The Morgan fingerprint density at radius 2 is 1.87 bits per heavy atom. The Kier molecular flexibility index (Phi) is 5.85. The van der Waals surface area contributed by atoms with Crippen molar-refractivity contribution < 1.29 is 9.59 Å². The fraction of sp³-hybridized carbons (Fsp3) is 0.545. The minimum atomic E-state index is -0.0396. The van der Waals surface area contributed by atoms with Crippen LogP contribution in [0.2, 0.25) is 0 Å². The number of likely N-dealkylation sites (N-methyl/N-ethyl adjacent to an activating group) is 1. The van der Waals surface area contributed by atoms with Gasteiger partial charge in [-0.1, -0.05) is 0 Å². The van der Waals surface area contributed by atoms with Crippen molar-refractivity contribution in [3.8, 4) is 0 Å². The molecule has 0 N–H and O–H groups in total. The van der Waals surface area contributed by atoms with Crippen molar-refractivity contribution in [2.24, 2.45) is 0 Å². The summed E-state index contributed by atoms with van der Waals surface area (Å²) in [5.41, 5.74) is 3.37. The molecule has 2 saturated heterocycles. The number of nitrogens with zero attached hydrogens (tertiary/aromatic N) is 6. The number of aryl methyl sites for hydroxylation is 2. The van der Waals surface area contributed by atoms with Crippen LogP contribution in [0.1, 0.15) is 46.3 Å². The predicted molar refractivity (Wildman–Crippen MR) is 113 cm³/mol. The summed E-state index contributed by atoms with van der Waals surface area (Å²) in [6.45, 7) is 8.15. The molecule has 0 bridgehead atoms. The van der Waals surface area contributed by atoms with E-state index < -0.39 is 0 Å². The highest BCUT2D eigenvalue weighted by atomic mass is 16.2. The van der Waals surface area contributed by atoms with Crippen molar-refractivity contribution in [3.63, 3.8) is 0 Å². The van der Waals surface area contributed by atoms with Crippen LogP contribution in [-0.4, -0.2) is 81.1 Å². The number of rotatable bonds is 4. The normalized spacial score (nSPS) is 20.0. The van der Waals surface area contributed by atoms with E-state index in [0.29, 0.717) is 5.56 Å². The van der Waals surface area contributed by atoms with Gasteiger partial charge < -0.3 is 14.7 Å². The predicted octanol–water partition coefficient (Wildman–Crippen LogP) is 1.65. The lowest BCUT2D eigenvalue weighted by Gasteiger charge is -2.32. The van der Waals surface area contributed by atoms with Gasteiger partial charge in [-0.3, -0.25) is 19.3 Å². The van der Waals surface area contributed by atoms with E-state index in [1.165, 1.54) is 0 Å². The smallest absolute Gasteiger partial charge is 0.255 e. The zero-order valence-electron chi connectivity index (χ0n) is 18.0. The summed E-state index contributed by atoms with van der Waals surface area (Å²) in [6, 6.07) is 5.70. The third-order valence-electron chi connectivity index (χ3n) is 6.13. The van der Waals surface area contributed by atoms with Gasteiger partial charge in [0.25, 0.3) is 5.91 Å². The molecule has 160 valence electrons. The molecule has 0 radical (unpaired) electrons. The molecule has 0 aliphatic carbocycles. The van der Waals surface area contributed by atoms with Crippen LogP contribution < -0.4 is 0 Å². The third kappa shape index (κ3) is 4.23. The number of hydrogen-bond donors (Lipinski definition) is 0. The molecule has 4 heterocycles. The second-order valence-electron chi connectivity index (χ2n) is 8.40. The maximum atomic E-state index is 12.9. The largest absolute Gasteiger partial charge is 0.336 e. The van der Waals surface area contributed by atoms with E-state index in [1.54, 1.807) is 10.9 Å². The van der Waals surface area contributed by atoms with Crippen molar-refractivity contribution in [3.05, 3.63) is 47.0 Å². The molecular formula is C22H30N6O2. The van der Waals surface area contributed by atoms with Crippen LogP contribution in [0, 0.1) is 13.8 Å². The quantitative estimate of drug-likeness (QED) is 0.766. The highest BCUT2D eigenvalue weighted by Gasteiger charge is 2.31. The fourth-order valence-corrected chi connectivity index (χ4v) is 4.35. The summed E-state index contributed by atoms with van der Waals surface area (Å²) in [4.78, 5) is 36.3. The molecule has 8 nitrogen and oxygen atoms in total. The van der Waals surface area contributed by atoms with E-state index in [2.05, 4.69) is 22.0 Å². The average Bonchev–Trinajstić information content (AvgIpc) is 3.34. The lowest BCUT2D eigenvalue weighted by Crippen LogP contribution is -2.47.